The van der Waals surface area contributed by atoms with Crippen molar-refractivity contribution in [3.63, 3.8) is 0 Å². The topological polar surface area (TPSA) is 58.6 Å². The fourth-order valence-corrected chi connectivity index (χ4v) is 1.94. The van der Waals surface area contributed by atoms with E-state index in [1.807, 2.05) is 6.92 Å². The van der Waals surface area contributed by atoms with Gasteiger partial charge in [-0.15, -0.1) is 0 Å². The number of hydrogen-bond donors (Lipinski definition) is 2. The van der Waals surface area contributed by atoms with Crippen LogP contribution in [0.3, 0.4) is 0 Å². The zero-order valence-corrected chi connectivity index (χ0v) is 13.1. The van der Waals surface area contributed by atoms with E-state index in [0.29, 0.717) is 13.0 Å². The average molecular weight is 297 g/mol. The molecule has 1 unspecified atom stereocenters. The lowest BCUT2D eigenvalue weighted by molar-refractivity contribution is 0.0512. The second kappa shape index (κ2) is 7.41. The predicted octanol–water partition coefficient (Wildman–Crippen LogP) is 2.81. The molecule has 21 heavy (non-hydrogen) atoms. The maximum absolute atomic E-state index is 13.1. The Labute approximate surface area is 125 Å². The van der Waals surface area contributed by atoms with Crippen LogP contribution in [-0.2, 0) is 11.2 Å². The van der Waals surface area contributed by atoms with Crippen molar-refractivity contribution in [3.05, 3.63) is 35.1 Å². The van der Waals surface area contributed by atoms with Gasteiger partial charge in [0.25, 0.3) is 0 Å². The Bertz CT molecular complexity index is 483. The third-order valence-electron chi connectivity index (χ3n) is 3.01. The molecule has 1 amide bonds. The molecule has 1 rings (SSSR count). The SMILES string of the molecule is Cc1cc(F)ccc1CC(CO)CNC(=O)OC(C)(C)C. The fourth-order valence-electron chi connectivity index (χ4n) is 1.94. The molecule has 0 aliphatic heterocycles. The van der Waals surface area contributed by atoms with Crippen LogP contribution in [0.1, 0.15) is 31.9 Å². The molecule has 118 valence electrons. The summed E-state index contributed by atoms with van der Waals surface area (Å²) in [6.45, 7) is 7.44. The number of nitrogens with one attached hydrogen (secondary N) is 1. The normalized spacial score (nSPS) is 12.9. The first kappa shape index (κ1) is 17.4. The van der Waals surface area contributed by atoms with Gasteiger partial charge in [0.05, 0.1) is 0 Å². The molecule has 0 aromatic heterocycles. The van der Waals surface area contributed by atoms with Gasteiger partial charge in [-0.05, 0) is 57.4 Å². The predicted molar refractivity (Wildman–Crippen MR) is 79.7 cm³/mol. The largest absolute Gasteiger partial charge is 0.444 e. The maximum atomic E-state index is 13.1. The van der Waals surface area contributed by atoms with Crippen LogP contribution in [0.4, 0.5) is 9.18 Å². The molecule has 1 aromatic rings. The zero-order chi connectivity index (χ0) is 16.0. The summed E-state index contributed by atoms with van der Waals surface area (Å²) in [5.74, 6) is -0.412. The Kier molecular flexibility index (Phi) is 6.15. The van der Waals surface area contributed by atoms with Crippen LogP contribution in [0.2, 0.25) is 0 Å². The van der Waals surface area contributed by atoms with Gasteiger partial charge in [-0.25, -0.2) is 9.18 Å². The lowest BCUT2D eigenvalue weighted by atomic mass is 9.96. The Morgan fingerprint density at radius 3 is 2.62 bits per heavy atom. The van der Waals surface area contributed by atoms with E-state index in [1.165, 1.54) is 12.1 Å². The summed E-state index contributed by atoms with van der Waals surface area (Å²) in [5.41, 5.74) is 1.25. The van der Waals surface area contributed by atoms with E-state index in [2.05, 4.69) is 5.32 Å². The van der Waals surface area contributed by atoms with Crippen molar-refractivity contribution in [1.82, 2.24) is 5.32 Å². The molecule has 0 saturated heterocycles. The van der Waals surface area contributed by atoms with Crippen LogP contribution in [-0.4, -0.2) is 30.0 Å². The Morgan fingerprint density at radius 2 is 2.10 bits per heavy atom. The third kappa shape index (κ3) is 6.58. The van der Waals surface area contributed by atoms with E-state index in [-0.39, 0.29) is 18.3 Å². The molecule has 1 aromatic carbocycles. The number of benzene rings is 1. The number of aliphatic hydroxyl groups is 1. The summed E-state index contributed by atoms with van der Waals surface area (Å²) < 4.78 is 18.2. The maximum Gasteiger partial charge on any atom is 0.407 e. The van der Waals surface area contributed by atoms with Gasteiger partial charge >= 0.3 is 6.09 Å². The van der Waals surface area contributed by atoms with Crippen LogP contribution in [0, 0.1) is 18.7 Å². The van der Waals surface area contributed by atoms with E-state index >= 15 is 0 Å². The first-order chi connectivity index (χ1) is 9.71. The van der Waals surface area contributed by atoms with E-state index in [1.54, 1.807) is 26.8 Å². The fraction of sp³-hybridized carbons (Fsp3) is 0.562. The standard InChI is InChI=1S/C16H24FNO3/c1-11-7-14(17)6-5-13(11)8-12(10-19)9-18-15(20)21-16(2,3)4/h5-7,12,19H,8-10H2,1-4H3,(H,18,20). The van der Waals surface area contributed by atoms with Crippen LogP contribution in [0.15, 0.2) is 18.2 Å². The Hall–Kier alpha value is -1.62. The number of aryl methyl sites for hydroxylation is 1. The summed E-state index contributed by atoms with van der Waals surface area (Å²) >= 11 is 0. The minimum atomic E-state index is -0.549. The highest BCUT2D eigenvalue weighted by Crippen LogP contribution is 2.15. The summed E-state index contributed by atoms with van der Waals surface area (Å²) in [7, 11) is 0. The number of amides is 1. The number of hydrogen-bond acceptors (Lipinski definition) is 3. The van der Waals surface area contributed by atoms with Gasteiger partial charge in [0.1, 0.15) is 11.4 Å². The summed E-state index contributed by atoms with van der Waals surface area (Å²) in [5, 5.41) is 12.1. The van der Waals surface area contributed by atoms with E-state index < -0.39 is 11.7 Å². The van der Waals surface area contributed by atoms with E-state index in [4.69, 9.17) is 4.74 Å². The monoisotopic (exact) mass is 297 g/mol. The van der Waals surface area contributed by atoms with Crippen molar-refractivity contribution >= 4 is 6.09 Å². The molecule has 4 nitrogen and oxygen atoms in total. The van der Waals surface area contributed by atoms with Gasteiger partial charge in [0.15, 0.2) is 0 Å². The molecule has 0 spiro atoms. The summed E-state index contributed by atoms with van der Waals surface area (Å²) in [6.07, 6.45) is 0.0649. The second-order valence-corrected chi connectivity index (χ2v) is 6.21. The number of carbonyl (C=O) groups is 1. The summed E-state index contributed by atoms with van der Waals surface area (Å²) in [6, 6.07) is 4.57. The Balaban J connectivity index is 2.54. The highest BCUT2D eigenvalue weighted by molar-refractivity contribution is 5.67. The van der Waals surface area contributed by atoms with Gasteiger partial charge in [-0.3, -0.25) is 0 Å². The van der Waals surface area contributed by atoms with Crippen LogP contribution >= 0.6 is 0 Å². The first-order valence-electron chi connectivity index (χ1n) is 7.04. The number of ether oxygens (including phenoxy) is 1. The highest BCUT2D eigenvalue weighted by atomic mass is 19.1. The minimum absolute atomic E-state index is 0.0629. The molecule has 0 aliphatic carbocycles. The van der Waals surface area contributed by atoms with Crippen molar-refractivity contribution in [3.8, 4) is 0 Å². The van der Waals surface area contributed by atoms with E-state index in [0.717, 1.165) is 11.1 Å². The smallest absolute Gasteiger partial charge is 0.407 e. The molecular formula is C16H24FNO3. The highest BCUT2D eigenvalue weighted by Gasteiger charge is 2.17. The molecule has 0 saturated carbocycles. The summed E-state index contributed by atoms with van der Waals surface area (Å²) in [4.78, 5) is 11.6. The van der Waals surface area contributed by atoms with Gasteiger partial charge in [-0.2, -0.15) is 0 Å². The number of halogens is 1. The molecule has 0 bridgehead atoms. The molecule has 0 radical (unpaired) electrons. The van der Waals surface area contributed by atoms with Crippen molar-refractivity contribution in [2.75, 3.05) is 13.2 Å². The van der Waals surface area contributed by atoms with Gasteiger partial charge in [0, 0.05) is 19.1 Å². The molecule has 1 atom stereocenters. The number of carbonyl (C=O) groups excluding carboxylic acids is 1. The van der Waals surface area contributed by atoms with Crippen LogP contribution in [0.25, 0.3) is 0 Å². The van der Waals surface area contributed by atoms with Gasteiger partial charge in [-0.1, -0.05) is 6.07 Å². The molecular weight excluding hydrogens is 273 g/mol. The van der Waals surface area contributed by atoms with Crippen molar-refractivity contribution < 1.29 is 19.0 Å². The first-order valence-corrected chi connectivity index (χ1v) is 7.04. The molecule has 0 heterocycles. The van der Waals surface area contributed by atoms with Crippen LogP contribution in [0.5, 0.6) is 0 Å². The second-order valence-electron chi connectivity index (χ2n) is 6.21. The van der Waals surface area contributed by atoms with Crippen LogP contribution < -0.4 is 5.32 Å². The third-order valence-corrected chi connectivity index (χ3v) is 3.01. The molecule has 5 heteroatoms. The van der Waals surface area contributed by atoms with Crippen molar-refractivity contribution in [2.45, 2.75) is 39.7 Å². The van der Waals surface area contributed by atoms with Gasteiger partial charge < -0.3 is 15.2 Å². The molecule has 0 fully saturated rings. The minimum Gasteiger partial charge on any atom is -0.444 e. The van der Waals surface area contributed by atoms with Crippen molar-refractivity contribution in [2.24, 2.45) is 5.92 Å². The lowest BCUT2D eigenvalue weighted by Crippen LogP contribution is -2.36. The lowest BCUT2D eigenvalue weighted by Gasteiger charge is -2.21. The average Bonchev–Trinajstić information content (AvgIpc) is 2.34. The zero-order valence-electron chi connectivity index (χ0n) is 13.1. The number of aliphatic hydroxyl groups excluding tert-OH is 1. The number of alkyl carbamates (subject to hydrolysis) is 1. The number of rotatable bonds is 5. The molecule has 2 N–H and O–H groups in total. The molecule has 0 aliphatic rings. The van der Waals surface area contributed by atoms with Gasteiger partial charge in [0.2, 0.25) is 0 Å². The van der Waals surface area contributed by atoms with E-state index in [9.17, 15) is 14.3 Å². The quantitative estimate of drug-likeness (QED) is 0.878. The van der Waals surface area contributed by atoms with Crippen molar-refractivity contribution in [1.29, 1.82) is 0 Å². The Morgan fingerprint density at radius 1 is 1.43 bits per heavy atom.